The smallest absolute Gasteiger partial charge is 0.318 e. The van der Waals surface area contributed by atoms with Crippen LogP contribution in [0.1, 0.15) is 74.6 Å². The summed E-state index contributed by atoms with van der Waals surface area (Å²) < 4.78 is 0. The van der Waals surface area contributed by atoms with E-state index in [2.05, 4.69) is 25.3 Å². The van der Waals surface area contributed by atoms with Crippen LogP contribution in [0.3, 0.4) is 0 Å². The highest BCUT2D eigenvalue weighted by Gasteiger charge is 2.43. The SMILES string of the molecule is Cl.Cl.NC(=O)[C@H](Cc1c[nH]cn1)N(C(=O)[C@H](Cc1ccccc1)NC(=O)N1CCCC1)[C@@H](CC1CCCCC1)[C@@H](O)c1ncc[nH]1. The van der Waals surface area contributed by atoms with E-state index in [1.54, 1.807) is 23.5 Å². The van der Waals surface area contributed by atoms with E-state index in [9.17, 15) is 19.5 Å². The number of amides is 4. The van der Waals surface area contributed by atoms with E-state index in [0.717, 1.165) is 50.5 Å². The molecule has 3 heterocycles. The molecule has 4 amide bonds. The van der Waals surface area contributed by atoms with Gasteiger partial charge in [-0.25, -0.2) is 14.8 Å². The van der Waals surface area contributed by atoms with Gasteiger partial charge in [0.2, 0.25) is 11.8 Å². The Morgan fingerprint density at radius 1 is 1.02 bits per heavy atom. The molecule has 3 aromatic rings. The van der Waals surface area contributed by atoms with Gasteiger partial charge in [-0.2, -0.15) is 0 Å². The van der Waals surface area contributed by atoms with Gasteiger partial charge in [0, 0.05) is 44.5 Å². The topological polar surface area (TPSA) is 173 Å². The van der Waals surface area contributed by atoms with E-state index in [1.807, 2.05) is 30.3 Å². The number of urea groups is 1. The lowest BCUT2D eigenvalue weighted by atomic mass is 9.82. The Hall–Kier alpha value is -3.61. The van der Waals surface area contributed by atoms with Gasteiger partial charge >= 0.3 is 6.03 Å². The summed E-state index contributed by atoms with van der Waals surface area (Å²) in [4.78, 5) is 59.3. The molecule has 1 aromatic carbocycles. The van der Waals surface area contributed by atoms with Crippen LogP contribution in [0, 0.1) is 5.92 Å². The predicted octanol–water partition coefficient (Wildman–Crippen LogP) is 3.69. The Kier molecular flexibility index (Phi) is 14.4. The molecule has 1 aliphatic heterocycles. The molecule has 1 aliphatic carbocycles. The van der Waals surface area contributed by atoms with Crippen LogP contribution in [0.5, 0.6) is 0 Å². The van der Waals surface area contributed by atoms with Crippen LogP contribution in [-0.2, 0) is 22.4 Å². The van der Waals surface area contributed by atoms with Gasteiger partial charge in [-0.3, -0.25) is 9.59 Å². The number of halogens is 2. The Labute approximate surface area is 282 Å². The Morgan fingerprint density at radius 2 is 1.74 bits per heavy atom. The van der Waals surface area contributed by atoms with Crippen molar-refractivity contribution in [2.45, 2.75) is 88.4 Å². The number of nitrogens with two attached hydrogens (primary N) is 1. The molecule has 0 bridgehead atoms. The van der Waals surface area contributed by atoms with Crippen LogP contribution < -0.4 is 11.1 Å². The third-order valence-corrected chi connectivity index (χ3v) is 8.97. The van der Waals surface area contributed by atoms with Gasteiger partial charge in [-0.1, -0.05) is 62.4 Å². The highest BCUT2D eigenvalue weighted by atomic mass is 35.5. The largest absolute Gasteiger partial charge is 0.383 e. The zero-order valence-corrected chi connectivity index (χ0v) is 27.6. The highest BCUT2D eigenvalue weighted by Crippen LogP contribution is 2.34. The van der Waals surface area contributed by atoms with Gasteiger partial charge < -0.3 is 35.9 Å². The van der Waals surface area contributed by atoms with Crippen molar-refractivity contribution in [2.75, 3.05) is 13.1 Å². The summed E-state index contributed by atoms with van der Waals surface area (Å²) in [6.07, 6.45) is 12.8. The van der Waals surface area contributed by atoms with Crippen LogP contribution in [0.2, 0.25) is 0 Å². The number of aliphatic hydroxyl groups is 1. The molecule has 1 saturated heterocycles. The van der Waals surface area contributed by atoms with Gasteiger partial charge in [0.1, 0.15) is 24.0 Å². The molecule has 2 aliphatic rings. The molecular formula is C32H46Cl2N8O4. The number of H-pyrrole nitrogens is 2. The Bertz CT molecular complexity index is 1330. The van der Waals surface area contributed by atoms with Crippen molar-refractivity contribution < 1.29 is 19.5 Å². The summed E-state index contributed by atoms with van der Waals surface area (Å²) >= 11 is 0. The lowest BCUT2D eigenvalue weighted by Gasteiger charge is -2.42. The maximum Gasteiger partial charge on any atom is 0.318 e. The minimum Gasteiger partial charge on any atom is -0.383 e. The van der Waals surface area contributed by atoms with Gasteiger partial charge in [0.05, 0.1) is 18.1 Å². The number of primary amides is 1. The van der Waals surface area contributed by atoms with Gasteiger partial charge in [-0.15, -0.1) is 24.8 Å². The molecule has 0 spiro atoms. The van der Waals surface area contributed by atoms with Crippen LogP contribution in [-0.4, -0.2) is 83.9 Å². The minimum absolute atomic E-state index is 0. The average molecular weight is 678 g/mol. The molecule has 12 nitrogen and oxygen atoms in total. The molecule has 14 heteroatoms. The third kappa shape index (κ3) is 9.46. The number of hydrogen-bond acceptors (Lipinski definition) is 6. The van der Waals surface area contributed by atoms with Gasteiger partial charge in [0.25, 0.3) is 0 Å². The Balaban J connectivity index is 0.00000288. The second-order valence-electron chi connectivity index (χ2n) is 12.0. The van der Waals surface area contributed by atoms with E-state index < -0.39 is 36.0 Å². The number of nitrogens with one attached hydrogen (secondary N) is 3. The highest BCUT2D eigenvalue weighted by molar-refractivity contribution is 5.92. The van der Waals surface area contributed by atoms with E-state index in [-0.39, 0.29) is 49.6 Å². The van der Waals surface area contributed by atoms with E-state index in [4.69, 9.17) is 5.73 Å². The van der Waals surface area contributed by atoms with E-state index >= 15 is 0 Å². The van der Waals surface area contributed by atoms with Gasteiger partial charge in [-0.05, 0) is 30.7 Å². The van der Waals surface area contributed by atoms with Crippen LogP contribution in [0.25, 0.3) is 0 Å². The second kappa shape index (κ2) is 17.9. The fraction of sp³-hybridized carbons (Fsp3) is 0.531. The molecule has 2 aromatic heterocycles. The minimum atomic E-state index is -1.22. The first-order chi connectivity index (χ1) is 21.4. The summed E-state index contributed by atoms with van der Waals surface area (Å²) in [5, 5.41) is 14.8. The van der Waals surface area contributed by atoms with Crippen molar-refractivity contribution in [3.05, 3.63) is 72.3 Å². The molecule has 2 fully saturated rings. The number of aromatic amines is 2. The number of likely N-dealkylation sites (tertiary alicyclic amines) is 1. The summed E-state index contributed by atoms with van der Waals surface area (Å²) in [5.74, 6) is -0.662. The number of carbonyl (C=O) groups is 3. The number of nitrogens with zero attached hydrogens (tertiary/aromatic N) is 4. The maximum atomic E-state index is 14.9. The summed E-state index contributed by atoms with van der Waals surface area (Å²) in [6.45, 7) is 1.23. The zero-order valence-electron chi connectivity index (χ0n) is 25.9. The molecule has 4 atom stereocenters. The normalized spacial score (nSPS) is 17.5. The molecular weight excluding hydrogens is 631 g/mol. The maximum absolute atomic E-state index is 14.9. The van der Waals surface area contributed by atoms with Crippen molar-refractivity contribution in [2.24, 2.45) is 11.7 Å². The quantitative estimate of drug-likeness (QED) is 0.185. The predicted molar refractivity (Wildman–Crippen MR) is 178 cm³/mol. The number of aliphatic hydroxyl groups excluding tert-OH is 1. The summed E-state index contributed by atoms with van der Waals surface area (Å²) in [5.41, 5.74) is 7.47. The molecule has 1 saturated carbocycles. The second-order valence-corrected chi connectivity index (χ2v) is 12.0. The van der Waals surface area contributed by atoms with Crippen LogP contribution >= 0.6 is 24.8 Å². The number of benzene rings is 1. The van der Waals surface area contributed by atoms with Gasteiger partial charge in [0.15, 0.2) is 0 Å². The number of carbonyl (C=O) groups excluding carboxylic acids is 3. The number of rotatable bonds is 13. The zero-order chi connectivity index (χ0) is 30.9. The number of aromatic nitrogens is 4. The fourth-order valence-corrected chi connectivity index (χ4v) is 6.66. The van der Waals surface area contributed by atoms with E-state index in [1.165, 1.54) is 11.2 Å². The first kappa shape index (κ1) is 36.9. The molecule has 252 valence electrons. The van der Waals surface area contributed by atoms with Crippen LogP contribution in [0.4, 0.5) is 4.79 Å². The van der Waals surface area contributed by atoms with Crippen molar-refractivity contribution >= 4 is 42.7 Å². The summed E-state index contributed by atoms with van der Waals surface area (Å²) in [7, 11) is 0. The third-order valence-electron chi connectivity index (χ3n) is 8.97. The standard InChI is InChI=1S/C32H44N8O4.2ClH/c33-29(42)27(19-24-20-34-21-37-24)40(26(18-23-11-5-2-6-12-23)28(41)30-35-13-14-36-30)31(43)25(17-22-9-3-1-4-10-22)38-32(44)39-15-7-8-16-39;;/h1,3-4,9-10,13-14,20-21,23,25-28,41H,2,5-8,11-12,15-19H2,(H2,33,42)(H,34,37)(H,35,36)(H,38,44);2*1H/t25-,26-,27-,28+;;/m0../s1. The molecule has 46 heavy (non-hydrogen) atoms. The lowest BCUT2D eigenvalue weighted by molar-refractivity contribution is -0.148. The molecule has 6 N–H and O–H groups in total. The van der Waals surface area contributed by atoms with Crippen molar-refractivity contribution in [3.8, 4) is 0 Å². The van der Waals surface area contributed by atoms with Crippen molar-refractivity contribution in [3.63, 3.8) is 0 Å². The first-order valence-corrected chi connectivity index (χ1v) is 15.8. The molecule has 0 unspecified atom stereocenters. The molecule has 5 rings (SSSR count). The monoisotopic (exact) mass is 676 g/mol. The van der Waals surface area contributed by atoms with E-state index in [0.29, 0.717) is 31.0 Å². The first-order valence-electron chi connectivity index (χ1n) is 15.8. The van der Waals surface area contributed by atoms with Crippen LogP contribution in [0.15, 0.2) is 55.2 Å². The lowest BCUT2D eigenvalue weighted by Crippen LogP contribution is -2.62. The summed E-state index contributed by atoms with van der Waals surface area (Å²) in [6, 6.07) is 6.15. The number of imidazole rings is 2. The molecule has 0 radical (unpaired) electrons. The number of hydrogen-bond donors (Lipinski definition) is 5. The average Bonchev–Trinajstić information content (AvgIpc) is 3.85. The van der Waals surface area contributed by atoms with Crippen molar-refractivity contribution in [1.29, 1.82) is 0 Å². The van der Waals surface area contributed by atoms with Crippen molar-refractivity contribution in [1.82, 2.24) is 35.1 Å². The fourth-order valence-electron chi connectivity index (χ4n) is 6.66. The Morgan fingerprint density at radius 3 is 2.35 bits per heavy atom.